The summed E-state index contributed by atoms with van der Waals surface area (Å²) in [7, 11) is 0. The monoisotopic (exact) mass is 370 g/mol. The van der Waals surface area contributed by atoms with Crippen LogP contribution in [0.25, 0.3) is 0 Å². The molecule has 0 spiro atoms. The van der Waals surface area contributed by atoms with Gasteiger partial charge in [-0.05, 0) is 49.2 Å². The highest BCUT2D eigenvalue weighted by molar-refractivity contribution is 6.30. The van der Waals surface area contributed by atoms with E-state index < -0.39 is 0 Å². The van der Waals surface area contributed by atoms with Gasteiger partial charge in [0.2, 0.25) is 0 Å². The van der Waals surface area contributed by atoms with Gasteiger partial charge in [0.25, 0.3) is 0 Å². The summed E-state index contributed by atoms with van der Waals surface area (Å²) in [6.07, 6.45) is 6.45. The molecular weight excluding hydrogens is 344 g/mol. The standard InChI is InChI=1S/C21H27ClN4/c22-19-5-1-6-20(14-19)25-10-12-26(13-11-25)21-7-3-9-24(17-21)16-18-4-2-8-23-15-18/h1-2,4-6,8,14-15,21H,3,7,9-13,16-17H2. The third-order valence-corrected chi connectivity index (χ3v) is 5.85. The Kier molecular flexibility index (Phi) is 5.73. The number of nitrogens with zero attached hydrogens (tertiary/aromatic N) is 4. The molecule has 4 nitrogen and oxygen atoms in total. The van der Waals surface area contributed by atoms with Crippen molar-refractivity contribution >= 4 is 17.3 Å². The molecule has 1 aromatic carbocycles. The van der Waals surface area contributed by atoms with Crippen LogP contribution in [0.3, 0.4) is 0 Å². The number of halogens is 1. The largest absolute Gasteiger partial charge is 0.369 e. The van der Waals surface area contributed by atoms with Crippen molar-refractivity contribution in [1.82, 2.24) is 14.8 Å². The highest BCUT2D eigenvalue weighted by Gasteiger charge is 2.28. The number of likely N-dealkylation sites (tertiary alicyclic amines) is 1. The number of piperazine rings is 1. The molecule has 0 aliphatic carbocycles. The molecule has 4 rings (SSSR count). The maximum atomic E-state index is 6.15. The van der Waals surface area contributed by atoms with Crippen LogP contribution < -0.4 is 4.90 Å². The van der Waals surface area contributed by atoms with E-state index in [0.29, 0.717) is 6.04 Å². The molecule has 1 aromatic heterocycles. The average Bonchev–Trinajstić information content (AvgIpc) is 2.69. The molecule has 2 fully saturated rings. The molecule has 0 saturated carbocycles. The molecule has 2 aliphatic heterocycles. The summed E-state index contributed by atoms with van der Waals surface area (Å²) in [5.74, 6) is 0. The van der Waals surface area contributed by atoms with Gasteiger partial charge < -0.3 is 4.90 Å². The summed E-state index contributed by atoms with van der Waals surface area (Å²) in [6.45, 7) is 7.83. The summed E-state index contributed by atoms with van der Waals surface area (Å²) in [5, 5.41) is 0.822. The van der Waals surface area contributed by atoms with E-state index in [4.69, 9.17) is 11.6 Å². The number of hydrogen-bond acceptors (Lipinski definition) is 4. The number of aromatic nitrogens is 1. The minimum Gasteiger partial charge on any atom is -0.369 e. The number of benzene rings is 1. The molecule has 0 radical (unpaired) electrons. The molecule has 26 heavy (non-hydrogen) atoms. The lowest BCUT2D eigenvalue weighted by atomic mass is 10.0. The van der Waals surface area contributed by atoms with Crippen LogP contribution in [0.5, 0.6) is 0 Å². The molecule has 138 valence electrons. The Labute approximate surface area is 161 Å². The molecule has 0 amide bonds. The Morgan fingerprint density at radius 2 is 1.92 bits per heavy atom. The lowest BCUT2D eigenvalue weighted by Crippen LogP contribution is -2.55. The number of pyridine rings is 1. The minimum absolute atomic E-state index is 0.682. The molecule has 0 bridgehead atoms. The van der Waals surface area contributed by atoms with Crippen molar-refractivity contribution < 1.29 is 0 Å². The molecule has 1 atom stereocenters. The fraction of sp³-hybridized carbons (Fsp3) is 0.476. The number of hydrogen-bond donors (Lipinski definition) is 0. The van der Waals surface area contributed by atoms with Gasteiger partial charge in [0.05, 0.1) is 0 Å². The zero-order valence-corrected chi connectivity index (χ0v) is 16.0. The van der Waals surface area contributed by atoms with Crippen LogP contribution in [-0.4, -0.2) is 60.1 Å². The molecule has 2 saturated heterocycles. The van der Waals surface area contributed by atoms with Crippen LogP contribution in [0.2, 0.25) is 5.02 Å². The third kappa shape index (κ3) is 4.37. The molecule has 5 heteroatoms. The van der Waals surface area contributed by atoms with Gasteiger partial charge in [-0.25, -0.2) is 0 Å². The fourth-order valence-electron chi connectivity index (χ4n) is 4.24. The Bertz CT molecular complexity index is 700. The Morgan fingerprint density at radius 1 is 1.04 bits per heavy atom. The van der Waals surface area contributed by atoms with Gasteiger partial charge in [0.15, 0.2) is 0 Å². The van der Waals surface area contributed by atoms with Gasteiger partial charge in [0.1, 0.15) is 0 Å². The van der Waals surface area contributed by atoms with Gasteiger partial charge >= 0.3 is 0 Å². The number of anilines is 1. The van der Waals surface area contributed by atoms with Gasteiger partial charge in [-0.2, -0.15) is 0 Å². The Hall–Kier alpha value is -1.62. The van der Waals surface area contributed by atoms with Crippen molar-refractivity contribution in [2.45, 2.75) is 25.4 Å². The molecule has 0 N–H and O–H groups in total. The van der Waals surface area contributed by atoms with Crippen LogP contribution >= 0.6 is 11.6 Å². The van der Waals surface area contributed by atoms with E-state index in [-0.39, 0.29) is 0 Å². The predicted octanol–water partition coefficient (Wildman–Crippen LogP) is 3.52. The van der Waals surface area contributed by atoms with Crippen LogP contribution in [0.15, 0.2) is 48.8 Å². The SMILES string of the molecule is Clc1cccc(N2CCN(C3CCCN(Cc4cccnc4)C3)CC2)c1. The van der Waals surface area contributed by atoms with Gasteiger partial charge in [-0.15, -0.1) is 0 Å². The van der Waals surface area contributed by atoms with E-state index in [2.05, 4.69) is 37.9 Å². The number of piperidine rings is 1. The van der Waals surface area contributed by atoms with E-state index >= 15 is 0 Å². The minimum atomic E-state index is 0.682. The van der Waals surface area contributed by atoms with Crippen LogP contribution in [0.1, 0.15) is 18.4 Å². The second kappa shape index (κ2) is 8.38. The first-order valence-corrected chi connectivity index (χ1v) is 10.0. The summed E-state index contributed by atoms with van der Waals surface area (Å²) < 4.78 is 0. The van der Waals surface area contributed by atoms with Crippen LogP contribution in [0.4, 0.5) is 5.69 Å². The van der Waals surface area contributed by atoms with Crippen molar-refractivity contribution in [2.24, 2.45) is 0 Å². The summed E-state index contributed by atoms with van der Waals surface area (Å²) >= 11 is 6.15. The van der Waals surface area contributed by atoms with E-state index in [1.165, 1.54) is 37.2 Å². The first kappa shape index (κ1) is 17.8. The molecule has 2 aliphatic rings. The normalized spacial score (nSPS) is 22.5. The van der Waals surface area contributed by atoms with E-state index in [1.807, 2.05) is 30.6 Å². The second-order valence-corrected chi connectivity index (χ2v) is 7.83. The maximum absolute atomic E-state index is 6.15. The smallest absolute Gasteiger partial charge is 0.0426 e. The molecule has 1 unspecified atom stereocenters. The van der Waals surface area contributed by atoms with Crippen molar-refractivity contribution in [3.8, 4) is 0 Å². The molecule has 2 aromatic rings. The number of rotatable bonds is 4. The average molecular weight is 371 g/mol. The fourth-order valence-corrected chi connectivity index (χ4v) is 4.43. The molecule has 3 heterocycles. The van der Waals surface area contributed by atoms with Gasteiger partial charge in [-0.3, -0.25) is 14.8 Å². The first-order chi connectivity index (χ1) is 12.8. The molecular formula is C21H27ClN4. The van der Waals surface area contributed by atoms with Gasteiger partial charge in [-0.1, -0.05) is 23.7 Å². The summed E-state index contributed by atoms with van der Waals surface area (Å²) in [4.78, 5) is 12.0. The summed E-state index contributed by atoms with van der Waals surface area (Å²) in [6, 6.07) is 13.1. The Morgan fingerprint density at radius 3 is 2.69 bits per heavy atom. The highest BCUT2D eigenvalue weighted by atomic mass is 35.5. The second-order valence-electron chi connectivity index (χ2n) is 7.40. The van der Waals surface area contributed by atoms with Crippen molar-refractivity contribution in [1.29, 1.82) is 0 Å². The van der Waals surface area contributed by atoms with Crippen LogP contribution in [-0.2, 0) is 6.54 Å². The van der Waals surface area contributed by atoms with Gasteiger partial charge in [0, 0.05) is 68.4 Å². The van der Waals surface area contributed by atoms with E-state index in [1.54, 1.807) is 0 Å². The van der Waals surface area contributed by atoms with Crippen molar-refractivity contribution in [3.63, 3.8) is 0 Å². The van der Waals surface area contributed by atoms with E-state index in [0.717, 1.165) is 37.7 Å². The lowest BCUT2D eigenvalue weighted by Gasteiger charge is -2.44. The first-order valence-electron chi connectivity index (χ1n) is 9.64. The zero-order chi connectivity index (χ0) is 17.8. The third-order valence-electron chi connectivity index (χ3n) is 5.61. The van der Waals surface area contributed by atoms with Crippen LogP contribution in [0, 0.1) is 0 Å². The maximum Gasteiger partial charge on any atom is 0.0426 e. The zero-order valence-electron chi connectivity index (χ0n) is 15.2. The van der Waals surface area contributed by atoms with Crippen molar-refractivity contribution in [2.75, 3.05) is 44.2 Å². The predicted molar refractivity (Wildman–Crippen MR) is 108 cm³/mol. The Balaban J connectivity index is 1.31. The summed E-state index contributed by atoms with van der Waals surface area (Å²) in [5.41, 5.74) is 2.57. The topological polar surface area (TPSA) is 22.6 Å². The lowest BCUT2D eigenvalue weighted by molar-refractivity contribution is 0.0887. The highest BCUT2D eigenvalue weighted by Crippen LogP contribution is 2.23. The van der Waals surface area contributed by atoms with E-state index in [9.17, 15) is 0 Å². The quantitative estimate of drug-likeness (QED) is 0.821. The van der Waals surface area contributed by atoms with Crippen molar-refractivity contribution in [3.05, 3.63) is 59.4 Å².